The van der Waals surface area contributed by atoms with Crippen LogP contribution in [0.2, 0.25) is 0 Å². The Morgan fingerprint density at radius 2 is 2.42 bits per heavy atom. The molecule has 0 radical (unpaired) electrons. The van der Waals surface area contributed by atoms with Crippen molar-refractivity contribution in [3.8, 4) is 0 Å². The fourth-order valence-electron chi connectivity index (χ4n) is 0.940. The number of hydrogen-bond acceptors (Lipinski definition) is 3. The number of halogens is 1. The summed E-state index contributed by atoms with van der Waals surface area (Å²) in [5, 5.41) is 12.5. The average molecular weight is 250 g/mol. The average Bonchev–Trinajstić information content (AvgIpc) is 2.33. The maximum atomic E-state index is 9.59. The van der Waals surface area contributed by atoms with Crippen LogP contribution in [-0.4, -0.2) is 18.7 Å². The number of likely N-dealkylation sites (N-methyl/N-ethyl adjacent to an activating group) is 1. The molecule has 1 rings (SSSR count). The van der Waals surface area contributed by atoms with Gasteiger partial charge in [0.15, 0.2) is 0 Å². The van der Waals surface area contributed by atoms with E-state index in [9.17, 15) is 5.11 Å². The summed E-state index contributed by atoms with van der Waals surface area (Å²) in [6.45, 7) is 2.64. The minimum absolute atomic E-state index is 0.384. The Morgan fingerprint density at radius 1 is 1.75 bits per heavy atom. The predicted octanol–water partition coefficient (Wildman–Crippen LogP) is 2.07. The highest BCUT2D eigenvalue weighted by Gasteiger charge is 2.10. The third kappa shape index (κ3) is 2.29. The topological polar surface area (TPSA) is 32.3 Å². The van der Waals surface area contributed by atoms with E-state index in [1.807, 2.05) is 20.0 Å². The molecule has 2 nitrogen and oxygen atoms in total. The lowest BCUT2D eigenvalue weighted by Gasteiger charge is -2.05. The van der Waals surface area contributed by atoms with E-state index in [0.717, 1.165) is 9.35 Å². The van der Waals surface area contributed by atoms with Crippen LogP contribution < -0.4 is 5.32 Å². The second-order valence-electron chi connectivity index (χ2n) is 2.63. The van der Waals surface area contributed by atoms with Crippen LogP contribution in [0.1, 0.15) is 15.9 Å². The van der Waals surface area contributed by atoms with Gasteiger partial charge in [0.05, 0.1) is 0 Å². The molecule has 12 heavy (non-hydrogen) atoms. The minimum Gasteiger partial charge on any atom is -0.386 e. The summed E-state index contributed by atoms with van der Waals surface area (Å²) >= 11 is 5.04. The Bertz CT molecular complexity index is 242. The summed E-state index contributed by atoms with van der Waals surface area (Å²) in [7, 11) is 1.83. The third-order valence-electron chi connectivity index (χ3n) is 1.60. The van der Waals surface area contributed by atoms with Crippen LogP contribution in [-0.2, 0) is 0 Å². The van der Waals surface area contributed by atoms with Gasteiger partial charge in [-0.3, -0.25) is 0 Å². The Labute approximate surface area is 84.7 Å². The van der Waals surface area contributed by atoms with Crippen LogP contribution in [0.5, 0.6) is 0 Å². The van der Waals surface area contributed by atoms with E-state index in [4.69, 9.17) is 0 Å². The number of hydrogen-bond donors (Lipinski definition) is 2. The molecule has 0 amide bonds. The van der Waals surface area contributed by atoms with Gasteiger partial charge < -0.3 is 10.4 Å². The molecule has 0 aliphatic rings. The predicted molar refractivity (Wildman–Crippen MR) is 55.6 cm³/mol. The van der Waals surface area contributed by atoms with E-state index in [1.54, 1.807) is 11.3 Å². The fraction of sp³-hybridized carbons (Fsp3) is 0.500. The second-order valence-corrected chi connectivity index (χ2v) is 4.77. The zero-order valence-corrected chi connectivity index (χ0v) is 9.50. The first-order valence-electron chi connectivity index (χ1n) is 3.73. The molecule has 1 unspecified atom stereocenters. The Kier molecular flexibility index (Phi) is 3.71. The molecule has 1 heterocycles. The zero-order valence-electron chi connectivity index (χ0n) is 7.10. The number of rotatable bonds is 3. The van der Waals surface area contributed by atoms with Gasteiger partial charge >= 0.3 is 0 Å². The summed E-state index contributed by atoms with van der Waals surface area (Å²) in [6, 6.07) is 1.97. The van der Waals surface area contributed by atoms with Gasteiger partial charge in [0.2, 0.25) is 0 Å². The fourth-order valence-corrected chi connectivity index (χ4v) is 2.49. The number of nitrogens with one attached hydrogen (secondary N) is 1. The first-order valence-corrected chi connectivity index (χ1v) is 5.34. The molecule has 0 bridgehead atoms. The molecule has 1 atom stereocenters. The Morgan fingerprint density at radius 3 is 2.83 bits per heavy atom. The number of aliphatic hydroxyl groups is 1. The van der Waals surface area contributed by atoms with Gasteiger partial charge in [-0.25, -0.2) is 0 Å². The summed E-state index contributed by atoms with van der Waals surface area (Å²) in [5.74, 6) is 0. The minimum atomic E-state index is -0.384. The monoisotopic (exact) mass is 249 g/mol. The summed E-state index contributed by atoms with van der Waals surface area (Å²) in [4.78, 5) is 2.22. The molecule has 0 aliphatic heterocycles. The van der Waals surface area contributed by atoms with Gasteiger partial charge in [0.1, 0.15) is 6.10 Å². The Hall–Kier alpha value is 0.1000. The highest BCUT2D eigenvalue weighted by atomic mass is 79.9. The van der Waals surface area contributed by atoms with Gasteiger partial charge in [0, 0.05) is 20.8 Å². The molecule has 4 heteroatoms. The Balaban J connectivity index is 2.74. The van der Waals surface area contributed by atoms with Crippen molar-refractivity contribution < 1.29 is 5.11 Å². The van der Waals surface area contributed by atoms with Crippen molar-refractivity contribution in [2.45, 2.75) is 13.0 Å². The van der Waals surface area contributed by atoms with Crippen LogP contribution in [0.3, 0.4) is 0 Å². The van der Waals surface area contributed by atoms with Crippen LogP contribution in [0.4, 0.5) is 0 Å². The van der Waals surface area contributed by atoms with Gasteiger partial charge in [-0.2, -0.15) is 0 Å². The van der Waals surface area contributed by atoms with Gasteiger partial charge in [-0.05, 0) is 36.0 Å². The van der Waals surface area contributed by atoms with E-state index >= 15 is 0 Å². The molecule has 0 aliphatic carbocycles. The molecule has 0 aromatic carbocycles. The molecule has 0 saturated carbocycles. The number of thiophene rings is 1. The molecule has 1 aromatic heterocycles. The molecular weight excluding hydrogens is 238 g/mol. The maximum Gasteiger partial charge on any atom is 0.101 e. The van der Waals surface area contributed by atoms with Crippen molar-refractivity contribution in [3.63, 3.8) is 0 Å². The highest BCUT2D eigenvalue weighted by molar-refractivity contribution is 9.10. The molecule has 0 fully saturated rings. The van der Waals surface area contributed by atoms with Crippen LogP contribution in [0, 0.1) is 6.92 Å². The van der Waals surface area contributed by atoms with E-state index in [2.05, 4.69) is 21.2 Å². The summed E-state index contributed by atoms with van der Waals surface area (Å²) < 4.78 is 1.08. The quantitative estimate of drug-likeness (QED) is 0.860. The lowest BCUT2D eigenvalue weighted by Crippen LogP contribution is -2.15. The second kappa shape index (κ2) is 4.37. The van der Waals surface area contributed by atoms with Crippen molar-refractivity contribution in [3.05, 3.63) is 20.3 Å². The highest BCUT2D eigenvalue weighted by Crippen LogP contribution is 2.30. The molecule has 0 saturated heterocycles. The standard InChI is InChI=1S/C8H12BrNOS/c1-5-6(9)3-8(12-5)7(11)4-10-2/h3,7,10-11H,4H2,1-2H3. The smallest absolute Gasteiger partial charge is 0.101 e. The van der Waals surface area contributed by atoms with Gasteiger partial charge in [-0.15, -0.1) is 11.3 Å². The maximum absolute atomic E-state index is 9.59. The van der Waals surface area contributed by atoms with Crippen LogP contribution >= 0.6 is 27.3 Å². The number of aryl methyl sites for hydroxylation is 1. The van der Waals surface area contributed by atoms with Crippen molar-refractivity contribution >= 4 is 27.3 Å². The lowest BCUT2D eigenvalue weighted by atomic mass is 10.3. The molecule has 68 valence electrons. The van der Waals surface area contributed by atoms with Crippen molar-refractivity contribution in [2.75, 3.05) is 13.6 Å². The van der Waals surface area contributed by atoms with Crippen LogP contribution in [0.15, 0.2) is 10.5 Å². The molecule has 1 aromatic rings. The molecule has 0 spiro atoms. The SMILES string of the molecule is CNCC(O)c1cc(Br)c(C)s1. The lowest BCUT2D eigenvalue weighted by molar-refractivity contribution is 0.181. The third-order valence-corrected chi connectivity index (χ3v) is 3.84. The van der Waals surface area contributed by atoms with E-state index in [-0.39, 0.29) is 6.10 Å². The van der Waals surface area contributed by atoms with Crippen molar-refractivity contribution in [1.82, 2.24) is 5.32 Å². The first kappa shape index (κ1) is 10.2. The molecular formula is C8H12BrNOS. The van der Waals surface area contributed by atoms with E-state index < -0.39 is 0 Å². The van der Waals surface area contributed by atoms with Gasteiger partial charge in [-0.1, -0.05) is 0 Å². The summed E-state index contributed by atoms with van der Waals surface area (Å²) in [5.41, 5.74) is 0. The summed E-state index contributed by atoms with van der Waals surface area (Å²) in [6.07, 6.45) is -0.384. The van der Waals surface area contributed by atoms with Crippen LogP contribution in [0.25, 0.3) is 0 Å². The normalized spacial score (nSPS) is 13.3. The molecule has 2 N–H and O–H groups in total. The largest absolute Gasteiger partial charge is 0.386 e. The van der Waals surface area contributed by atoms with E-state index in [1.165, 1.54) is 4.88 Å². The first-order chi connectivity index (χ1) is 5.65. The van der Waals surface area contributed by atoms with Crippen molar-refractivity contribution in [1.29, 1.82) is 0 Å². The van der Waals surface area contributed by atoms with Crippen molar-refractivity contribution in [2.24, 2.45) is 0 Å². The zero-order chi connectivity index (χ0) is 9.14. The van der Waals surface area contributed by atoms with Gasteiger partial charge in [0.25, 0.3) is 0 Å². The number of aliphatic hydroxyl groups excluding tert-OH is 1. The van der Waals surface area contributed by atoms with E-state index in [0.29, 0.717) is 6.54 Å².